The molecular weight excluding hydrogens is 404 g/mol. The molecule has 32 heavy (non-hydrogen) atoms. The molecule has 2 amide bonds. The number of piperidine rings is 1. The van der Waals surface area contributed by atoms with Crippen molar-refractivity contribution in [3.05, 3.63) is 29.8 Å². The first-order valence-corrected chi connectivity index (χ1v) is 12.4. The van der Waals surface area contributed by atoms with Crippen LogP contribution in [0.4, 0.5) is 5.69 Å². The minimum Gasteiger partial charge on any atom is -0.379 e. The molecule has 0 radical (unpaired) electrons. The first-order chi connectivity index (χ1) is 15.7. The van der Waals surface area contributed by atoms with Gasteiger partial charge < -0.3 is 15.0 Å². The molecule has 3 saturated heterocycles. The van der Waals surface area contributed by atoms with Crippen LogP contribution in [-0.4, -0.2) is 85.5 Å². The number of anilines is 1. The van der Waals surface area contributed by atoms with Crippen molar-refractivity contribution in [3.8, 4) is 0 Å². The number of carbonyl (C=O) groups is 2. The normalized spacial score (nSPS) is 21.8. The van der Waals surface area contributed by atoms with Gasteiger partial charge in [-0.3, -0.25) is 19.4 Å². The van der Waals surface area contributed by atoms with E-state index in [9.17, 15) is 9.59 Å². The van der Waals surface area contributed by atoms with Crippen LogP contribution >= 0.6 is 0 Å². The third-order valence-corrected chi connectivity index (χ3v) is 6.97. The van der Waals surface area contributed by atoms with Crippen LogP contribution in [0.25, 0.3) is 0 Å². The van der Waals surface area contributed by atoms with Crippen LogP contribution in [0.2, 0.25) is 0 Å². The second-order valence-electron chi connectivity index (χ2n) is 9.42. The van der Waals surface area contributed by atoms with Gasteiger partial charge in [0, 0.05) is 44.3 Å². The number of benzene rings is 1. The quantitative estimate of drug-likeness (QED) is 0.734. The minimum atomic E-state index is 0.0169. The number of ether oxygens (including phenoxy) is 1. The van der Waals surface area contributed by atoms with E-state index < -0.39 is 0 Å². The van der Waals surface area contributed by atoms with E-state index in [0.29, 0.717) is 12.5 Å². The largest absolute Gasteiger partial charge is 0.379 e. The number of morpholine rings is 1. The Hall–Kier alpha value is -1.96. The molecular formula is C25H38N4O3. The molecule has 0 saturated carbocycles. The Balaban J connectivity index is 1.17. The maximum Gasteiger partial charge on any atom is 0.238 e. The van der Waals surface area contributed by atoms with Gasteiger partial charge in [-0.2, -0.15) is 0 Å². The Morgan fingerprint density at radius 2 is 1.50 bits per heavy atom. The molecule has 4 rings (SSSR count). The smallest absolute Gasteiger partial charge is 0.238 e. The van der Waals surface area contributed by atoms with E-state index in [4.69, 9.17) is 4.74 Å². The number of nitrogens with one attached hydrogen (secondary N) is 1. The second kappa shape index (κ2) is 11.8. The van der Waals surface area contributed by atoms with Gasteiger partial charge in [-0.1, -0.05) is 25.0 Å². The van der Waals surface area contributed by atoms with Crippen LogP contribution in [0.5, 0.6) is 0 Å². The maximum absolute atomic E-state index is 12.8. The van der Waals surface area contributed by atoms with Gasteiger partial charge in [0.15, 0.2) is 0 Å². The third kappa shape index (κ3) is 6.77. The van der Waals surface area contributed by atoms with Crippen molar-refractivity contribution in [1.29, 1.82) is 0 Å². The maximum atomic E-state index is 12.8. The predicted molar refractivity (Wildman–Crippen MR) is 125 cm³/mol. The molecule has 1 aromatic rings. The van der Waals surface area contributed by atoms with Gasteiger partial charge in [0.05, 0.1) is 19.8 Å². The van der Waals surface area contributed by atoms with Crippen molar-refractivity contribution in [1.82, 2.24) is 14.7 Å². The molecule has 3 heterocycles. The van der Waals surface area contributed by atoms with Gasteiger partial charge in [0.25, 0.3) is 0 Å². The molecule has 176 valence electrons. The van der Waals surface area contributed by atoms with E-state index in [2.05, 4.69) is 32.1 Å². The summed E-state index contributed by atoms with van der Waals surface area (Å²) in [4.78, 5) is 32.0. The van der Waals surface area contributed by atoms with Crippen LogP contribution < -0.4 is 5.32 Å². The summed E-state index contributed by atoms with van der Waals surface area (Å²) >= 11 is 0. The number of likely N-dealkylation sites (tertiary alicyclic amines) is 2. The summed E-state index contributed by atoms with van der Waals surface area (Å²) in [5.41, 5.74) is 2.09. The summed E-state index contributed by atoms with van der Waals surface area (Å²) in [6.07, 6.45) is 6.48. The Morgan fingerprint density at radius 3 is 2.16 bits per heavy atom. The van der Waals surface area contributed by atoms with Gasteiger partial charge in [-0.05, 0) is 56.5 Å². The summed E-state index contributed by atoms with van der Waals surface area (Å²) in [5.74, 6) is 0.489. The lowest BCUT2D eigenvalue weighted by atomic mass is 9.95. The highest BCUT2D eigenvalue weighted by Crippen LogP contribution is 2.22. The summed E-state index contributed by atoms with van der Waals surface area (Å²) in [7, 11) is 0. The zero-order valence-electron chi connectivity index (χ0n) is 19.3. The van der Waals surface area contributed by atoms with Crippen molar-refractivity contribution < 1.29 is 14.3 Å². The van der Waals surface area contributed by atoms with Gasteiger partial charge in [-0.15, -0.1) is 0 Å². The number of hydrogen-bond acceptors (Lipinski definition) is 5. The van der Waals surface area contributed by atoms with Crippen molar-refractivity contribution in [2.45, 2.75) is 45.1 Å². The summed E-state index contributed by atoms with van der Waals surface area (Å²) in [5, 5.41) is 3.02. The molecule has 0 aliphatic carbocycles. The van der Waals surface area contributed by atoms with Gasteiger partial charge in [0.1, 0.15) is 0 Å². The fourth-order valence-electron chi connectivity index (χ4n) is 5.00. The van der Waals surface area contributed by atoms with Crippen molar-refractivity contribution in [2.24, 2.45) is 5.92 Å². The SMILES string of the molecule is O=C(CN1CCC(C(=O)N2CCCCCC2)CC1)Nc1ccc(CN2CCOCC2)cc1. The highest BCUT2D eigenvalue weighted by atomic mass is 16.5. The van der Waals surface area contributed by atoms with E-state index >= 15 is 0 Å². The van der Waals surface area contributed by atoms with Crippen LogP contribution in [0.15, 0.2) is 24.3 Å². The molecule has 1 N–H and O–H groups in total. The number of carbonyl (C=O) groups excluding carboxylic acids is 2. The Labute approximate surface area is 192 Å². The molecule has 7 nitrogen and oxygen atoms in total. The summed E-state index contributed by atoms with van der Waals surface area (Å²) in [6.45, 7) is 8.34. The van der Waals surface area contributed by atoms with Crippen molar-refractivity contribution >= 4 is 17.5 Å². The van der Waals surface area contributed by atoms with Gasteiger partial charge in [0.2, 0.25) is 11.8 Å². The lowest BCUT2D eigenvalue weighted by Crippen LogP contribution is -2.44. The van der Waals surface area contributed by atoms with Crippen molar-refractivity contribution in [3.63, 3.8) is 0 Å². The zero-order valence-corrected chi connectivity index (χ0v) is 19.3. The molecule has 3 aliphatic heterocycles. The fourth-order valence-corrected chi connectivity index (χ4v) is 5.00. The molecule has 0 bridgehead atoms. The number of nitrogens with zero attached hydrogens (tertiary/aromatic N) is 3. The van der Waals surface area contributed by atoms with Crippen LogP contribution in [0.3, 0.4) is 0 Å². The van der Waals surface area contributed by atoms with Crippen molar-refractivity contribution in [2.75, 3.05) is 64.3 Å². The second-order valence-corrected chi connectivity index (χ2v) is 9.42. The van der Waals surface area contributed by atoms with E-state index in [1.165, 1.54) is 18.4 Å². The minimum absolute atomic E-state index is 0.0169. The summed E-state index contributed by atoms with van der Waals surface area (Å²) < 4.78 is 5.40. The lowest BCUT2D eigenvalue weighted by molar-refractivity contribution is -0.137. The van der Waals surface area contributed by atoms with Crippen LogP contribution in [-0.2, 0) is 20.9 Å². The average Bonchev–Trinajstić information content (AvgIpc) is 3.11. The molecule has 1 aromatic carbocycles. The molecule has 0 atom stereocenters. The molecule has 3 aliphatic rings. The highest BCUT2D eigenvalue weighted by molar-refractivity contribution is 5.92. The van der Waals surface area contributed by atoms with Gasteiger partial charge >= 0.3 is 0 Å². The van der Waals surface area contributed by atoms with Crippen LogP contribution in [0.1, 0.15) is 44.1 Å². The first kappa shape index (κ1) is 23.2. The molecule has 0 unspecified atom stereocenters. The molecule has 0 spiro atoms. The van der Waals surface area contributed by atoms with E-state index in [-0.39, 0.29) is 11.8 Å². The highest BCUT2D eigenvalue weighted by Gasteiger charge is 2.29. The molecule has 3 fully saturated rings. The lowest BCUT2D eigenvalue weighted by Gasteiger charge is -2.33. The topological polar surface area (TPSA) is 65.1 Å². The molecule has 7 heteroatoms. The molecule has 0 aromatic heterocycles. The predicted octanol–water partition coefficient (Wildman–Crippen LogP) is 2.57. The Kier molecular flexibility index (Phi) is 8.54. The number of hydrogen-bond donors (Lipinski definition) is 1. The monoisotopic (exact) mass is 442 g/mol. The van der Waals surface area contributed by atoms with E-state index in [1.54, 1.807) is 0 Å². The summed E-state index contributed by atoms with van der Waals surface area (Å²) in [6, 6.07) is 8.15. The third-order valence-electron chi connectivity index (χ3n) is 6.97. The first-order valence-electron chi connectivity index (χ1n) is 12.4. The Bertz CT molecular complexity index is 732. The van der Waals surface area contributed by atoms with Gasteiger partial charge in [-0.25, -0.2) is 0 Å². The average molecular weight is 443 g/mol. The van der Waals surface area contributed by atoms with E-state index in [1.807, 2.05) is 12.1 Å². The number of amides is 2. The number of rotatable bonds is 6. The zero-order chi connectivity index (χ0) is 22.2. The van der Waals surface area contributed by atoms with E-state index in [0.717, 1.165) is 90.4 Å². The standard InChI is InChI=1S/C25H38N4O3/c30-24(26-23-7-5-21(6-8-23)19-28-15-17-32-18-16-28)20-27-13-9-22(10-14-27)25(31)29-11-3-1-2-4-12-29/h5-8,22H,1-4,9-20H2,(H,26,30). The fraction of sp³-hybridized carbons (Fsp3) is 0.680. The Morgan fingerprint density at radius 1 is 0.844 bits per heavy atom. The van der Waals surface area contributed by atoms with Crippen LogP contribution in [0, 0.1) is 5.92 Å².